The topological polar surface area (TPSA) is 35.6 Å². The van der Waals surface area contributed by atoms with Gasteiger partial charge in [0.15, 0.2) is 0 Å². The smallest absolute Gasteiger partial charge is 0.223 e. The van der Waals surface area contributed by atoms with E-state index in [0.29, 0.717) is 17.9 Å². The van der Waals surface area contributed by atoms with Crippen LogP contribution in [-0.2, 0) is 4.79 Å². The van der Waals surface area contributed by atoms with E-state index in [4.69, 9.17) is 11.6 Å². The van der Waals surface area contributed by atoms with Crippen molar-refractivity contribution in [3.05, 3.63) is 29.3 Å². The van der Waals surface area contributed by atoms with Gasteiger partial charge in [0.1, 0.15) is 0 Å². The Morgan fingerprint density at radius 2 is 1.75 bits per heavy atom. The van der Waals surface area contributed by atoms with Crippen molar-refractivity contribution in [2.45, 2.75) is 51.5 Å². The molecule has 1 heterocycles. The van der Waals surface area contributed by atoms with Gasteiger partial charge >= 0.3 is 0 Å². The van der Waals surface area contributed by atoms with Gasteiger partial charge in [0.05, 0.1) is 0 Å². The summed E-state index contributed by atoms with van der Waals surface area (Å²) in [5, 5.41) is 4.14. The van der Waals surface area contributed by atoms with Crippen molar-refractivity contribution in [2.75, 3.05) is 37.6 Å². The molecule has 1 saturated heterocycles. The van der Waals surface area contributed by atoms with Crippen LogP contribution in [0.1, 0.15) is 45.4 Å². The van der Waals surface area contributed by atoms with Gasteiger partial charge in [-0.15, -0.1) is 0 Å². The number of halogens is 1. The summed E-state index contributed by atoms with van der Waals surface area (Å²) in [6, 6.07) is 8.57. The molecule has 2 atom stereocenters. The highest BCUT2D eigenvalue weighted by Gasteiger charge is 2.44. The molecule has 2 unspecified atom stereocenters. The van der Waals surface area contributed by atoms with Crippen LogP contribution in [0, 0.1) is 17.8 Å². The van der Waals surface area contributed by atoms with Gasteiger partial charge in [-0.25, -0.2) is 0 Å². The minimum absolute atomic E-state index is 0.262. The van der Waals surface area contributed by atoms with Gasteiger partial charge in [0.25, 0.3) is 0 Å². The average Bonchev–Trinajstić information content (AvgIpc) is 3.49. The van der Waals surface area contributed by atoms with Gasteiger partial charge in [0.2, 0.25) is 5.91 Å². The summed E-state index contributed by atoms with van der Waals surface area (Å²) >= 11 is 5.99. The number of nitrogens with zero attached hydrogens (tertiary/aromatic N) is 2. The first-order chi connectivity index (χ1) is 13.6. The van der Waals surface area contributed by atoms with E-state index in [1.54, 1.807) is 0 Å². The van der Waals surface area contributed by atoms with Crippen LogP contribution in [0.5, 0.6) is 0 Å². The highest BCUT2D eigenvalue weighted by atomic mass is 35.5. The normalized spacial score (nSPS) is 30.9. The Hall–Kier alpha value is -1.26. The second-order valence-corrected chi connectivity index (χ2v) is 9.44. The van der Waals surface area contributed by atoms with Gasteiger partial charge in [-0.2, -0.15) is 0 Å². The molecule has 0 radical (unpaired) electrons. The van der Waals surface area contributed by atoms with E-state index in [1.165, 1.54) is 37.8 Å². The lowest BCUT2D eigenvalue weighted by Gasteiger charge is -2.36. The maximum Gasteiger partial charge on any atom is 0.223 e. The minimum atomic E-state index is 0.262. The molecule has 1 aromatic rings. The van der Waals surface area contributed by atoms with Crippen LogP contribution < -0.4 is 10.2 Å². The van der Waals surface area contributed by atoms with Crippen LogP contribution in [0.25, 0.3) is 0 Å². The van der Waals surface area contributed by atoms with Gasteiger partial charge in [-0.1, -0.05) is 24.9 Å². The van der Waals surface area contributed by atoms with E-state index >= 15 is 0 Å². The summed E-state index contributed by atoms with van der Waals surface area (Å²) in [6.07, 6.45) is 7.29. The van der Waals surface area contributed by atoms with Crippen LogP contribution >= 0.6 is 11.6 Å². The number of anilines is 1. The lowest BCUT2D eigenvalue weighted by Crippen LogP contribution is -2.47. The van der Waals surface area contributed by atoms with E-state index in [1.807, 2.05) is 12.1 Å². The molecule has 2 aliphatic carbocycles. The quantitative estimate of drug-likeness (QED) is 0.773. The predicted octanol–water partition coefficient (Wildman–Crippen LogP) is 4.18. The van der Waals surface area contributed by atoms with Gasteiger partial charge in [-0.3, -0.25) is 9.69 Å². The van der Waals surface area contributed by atoms with Gasteiger partial charge in [-0.05, 0) is 68.2 Å². The van der Waals surface area contributed by atoms with Crippen molar-refractivity contribution in [1.82, 2.24) is 10.2 Å². The third-order valence-electron chi connectivity index (χ3n) is 7.09. The fourth-order valence-corrected chi connectivity index (χ4v) is 5.09. The number of hydrogen-bond acceptors (Lipinski definition) is 3. The van der Waals surface area contributed by atoms with Crippen molar-refractivity contribution in [3.8, 4) is 0 Å². The molecule has 0 bridgehead atoms. The maximum atomic E-state index is 12.6. The molecule has 4 rings (SSSR count). The molecule has 1 aromatic carbocycles. The van der Waals surface area contributed by atoms with Crippen LogP contribution in [0.3, 0.4) is 0 Å². The van der Waals surface area contributed by atoms with Crippen LogP contribution in [0.15, 0.2) is 24.3 Å². The fourth-order valence-electron chi connectivity index (χ4n) is 4.97. The number of piperazine rings is 1. The third kappa shape index (κ3) is 5.01. The highest BCUT2D eigenvalue weighted by Crippen LogP contribution is 2.40. The van der Waals surface area contributed by atoms with Crippen molar-refractivity contribution < 1.29 is 4.79 Å². The fraction of sp³-hybridized carbons (Fsp3) is 0.696. The van der Waals surface area contributed by atoms with Gasteiger partial charge < -0.3 is 10.2 Å². The molecule has 4 nitrogen and oxygen atoms in total. The number of hydrogen-bond donors (Lipinski definition) is 1. The van der Waals surface area contributed by atoms with Crippen LogP contribution in [-0.4, -0.2) is 49.6 Å². The number of rotatable bonds is 6. The summed E-state index contributed by atoms with van der Waals surface area (Å²) in [5.41, 5.74) is 1.26. The van der Waals surface area contributed by atoms with Crippen LogP contribution in [0.2, 0.25) is 5.02 Å². The molecule has 3 fully saturated rings. The lowest BCUT2D eigenvalue weighted by atomic mass is 9.84. The molecule has 3 aliphatic rings. The van der Waals surface area contributed by atoms with Crippen molar-refractivity contribution in [3.63, 3.8) is 0 Å². The molecule has 0 aromatic heterocycles. The third-order valence-corrected chi connectivity index (χ3v) is 7.34. The molecule has 1 N–H and O–H groups in total. The SMILES string of the molecule is CCC1CCC(NC(=O)C2CC2CN2CCN(c3ccc(Cl)cc3)CC2)CC1. The second-order valence-electron chi connectivity index (χ2n) is 9.00. The Morgan fingerprint density at radius 3 is 2.39 bits per heavy atom. The van der Waals surface area contributed by atoms with Crippen molar-refractivity contribution in [1.29, 1.82) is 0 Å². The first-order valence-electron chi connectivity index (χ1n) is 11.2. The molecule has 2 saturated carbocycles. The van der Waals surface area contributed by atoms with E-state index in [-0.39, 0.29) is 5.92 Å². The summed E-state index contributed by atoms with van der Waals surface area (Å²) in [7, 11) is 0. The number of carbonyl (C=O) groups excluding carboxylic acids is 1. The predicted molar refractivity (Wildman–Crippen MR) is 116 cm³/mol. The molecule has 5 heteroatoms. The second kappa shape index (κ2) is 9.04. The largest absolute Gasteiger partial charge is 0.369 e. The first-order valence-corrected chi connectivity index (χ1v) is 11.5. The highest BCUT2D eigenvalue weighted by molar-refractivity contribution is 6.30. The minimum Gasteiger partial charge on any atom is -0.369 e. The number of benzene rings is 1. The summed E-state index contributed by atoms with van der Waals surface area (Å²) in [4.78, 5) is 17.6. The van der Waals surface area contributed by atoms with E-state index in [9.17, 15) is 4.79 Å². The monoisotopic (exact) mass is 403 g/mol. The van der Waals surface area contributed by atoms with Crippen molar-refractivity contribution in [2.24, 2.45) is 17.8 Å². The Balaban J connectivity index is 1.16. The summed E-state index contributed by atoms with van der Waals surface area (Å²) < 4.78 is 0. The molecule has 154 valence electrons. The maximum absolute atomic E-state index is 12.6. The number of carbonyl (C=O) groups is 1. The molecule has 0 spiro atoms. The summed E-state index contributed by atoms with van der Waals surface area (Å²) in [6.45, 7) is 7.61. The number of amides is 1. The Kier molecular flexibility index (Phi) is 6.47. The zero-order chi connectivity index (χ0) is 19.5. The average molecular weight is 404 g/mol. The number of nitrogens with one attached hydrogen (secondary N) is 1. The van der Waals surface area contributed by atoms with E-state index in [0.717, 1.165) is 50.1 Å². The molecule has 28 heavy (non-hydrogen) atoms. The molecular weight excluding hydrogens is 370 g/mol. The Morgan fingerprint density at radius 1 is 1.07 bits per heavy atom. The summed E-state index contributed by atoms with van der Waals surface area (Å²) in [5.74, 6) is 2.03. The van der Waals surface area contributed by atoms with E-state index in [2.05, 4.69) is 34.2 Å². The molecule has 1 amide bonds. The Labute approximate surface area is 174 Å². The first kappa shape index (κ1) is 20.0. The van der Waals surface area contributed by atoms with Crippen LogP contribution in [0.4, 0.5) is 5.69 Å². The molecular formula is C23H34ClN3O. The standard InChI is InChI=1S/C23H34ClN3O/c1-2-17-3-7-20(8-4-17)25-23(28)22-15-18(22)16-26-11-13-27(14-12-26)21-9-5-19(24)6-10-21/h5-6,9-10,17-18,20,22H,2-4,7-8,11-16H2,1H3,(H,25,28). The Bertz CT molecular complexity index is 648. The zero-order valence-electron chi connectivity index (χ0n) is 17.1. The van der Waals surface area contributed by atoms with Gasteiger partial charge in [0, 0.05) is 55.4 Å². The zero-order valence-corrected chi connectivity index (χ0v) is 17.8. The van der Waals surface area contributed by atoms with Crippen molar-refractivity contribution >= 4 is 23.2 Å². The van der Waals surface area contributed by atoms with E-state index < -0.39 is 0 Å². The lowest BCUT2D eigenvalue weighted by molar-refractivity contribution is -0.123. The molecule has 1 aliphatic heterocycles.